The molecule has 6 aromatic carbocycles. The molecule has 0 aliphatic rings. The Morgan fingerprint density at radius 1 is 0.300 bits per heavy atom. The third-order valence-corrected chi connectivity index (χ3v) is 21.6. The van der Waals surface area contributed by atoms with Crippen molar-refractivity contribution in [2.24, 2.45) is 0 Å². The Labute approximate surface area is 506 Å². The van der Waals surface area contributed by atoms with Crippen LogP contribution in [-0.2, 0) is 0 Å². The molecule has 0 saturated heterocycles. The Kier molecular flexibility index (Phi) is 22.8. The fraction of sp³-hybridized carbons (Fsp3) is 0.222. The zero-order valence-corrected chi connectivity index (χ0v) is 56.0. The van der Waals surface area contributed by atoms with Crippen LogP contribution in [0.5, 0.6) is 0 Å². The number of rotatable bonds is 0. The predicted octanol–water partition coefficient (Wildman–Crippen LogP) is 24.4. The van der Waals surface area contributed by atoms with Crippen molar-refractivity contribution in [2.75, 3.05) is 0 Å². The topological polar surface area (TPSA) is 13.1 Å². The molecule has 14 aromatic rings. The third-order valence-electron chi connectivity index (χ3n) is 13.0. The van der Waals surface area contributed by atoms with Crippen LogP contribution in [0.3, 0.4) is 0 Å². The van der Waals surface area contributed by atoms with Crippen molar-refractivity contribution in [3.63, 3.8) is 0 Å². The summed E-state index contributed by atoms with van der Waals surface area (Å²) in [4.78, 5) is 4.19. The summed E-state index contributed by atoms with van der Waals surface area (Å²) in [7, 11) is 0. The van der Waals surface area contributed by atoms with E-state index in [1.165, 1.54) is 125 Å². The van der Waals surface area contributed by atoms with E-state index in [-0.39, 0.29) is 0 Å². The van der Waals surface area contributed by atoms with E-state index in [0.717, 1.165) is 11.5 Å². The molecule has 14 rings (SSSR count). The van der Waals surface area contributed by atoms with Gasteiger partial charge in [0.2, 0.25) is 0 Å². The summed E-state index contributed by atoms with van der Waals surface area (Å²) in [5.41, 5.74) is 12.3. The van der Waals surface area contributed by atoms with Crippen LogP contribution in [0.2, 0.25) is 0 Å². The number of hydrogen-bond donors (Lipinski definition) is 0. The van der Waals surface area contributed by atoms with E-state index in [9.17, 15) is 0 Å². The van der Waals surface area contributed by atoms with Gasteiger partial charge in [0.05, 0.1) is 0 Å². The van der Waals surface area contributed by atoms with Gasteiger partial charge < -0.3 is 4.42 Å². The van der Waals surface area contributed by atoms with E-state index >= 15 is 0 Å². The summed E-state index contributed by atoms with van der Waals surface area (Å²) in [5.74, 6) is 1.97. The van der Waals surface area contributed by atoms with Gasteiger partial charge in [-0.3, -0.25) is 0 Å². The smallest absolute Gasteiger partial charge is 0.101 e. The third kappa shape index (κ3) is 17.9. The largest absolute Gasteiger partial charge is 0.467 e. The molecule has 0 aliphatic heterocycles. The van der Waals surface area contributed by atoms with Crippen molar-refractivity contribution >= 4 is 143 Å². The zero-order valence-electron chi connectivity index (χ0n) is 49.4. The fourth-order valence-electron chi connectivity index (χ4n) is 8.89. The van der Waals surface area contributed by atoms with E-state index < -0.39 is 0 Å². The van der Waals surface area contributed by atoms with Crippen molar-refractivity contribution in [3.05, 3.63) is 253 Å². The van der Waals surface area contributed by atoms with Crippen LogP contribution < -0.4 is 0 Å². The van der Waals surface area contributed by atoms with Gasteiger partial charge >= 0.3 is 49.4 Å². The second-order valence-electron chi connectivity index (χ2n) is 20.7. The maximum atomic E-state index is 5.08. The van der Waals surface area contributed by atoms with Crippen molar-refractivity contribution in [1.82, 2.24) is 0 Å². The van der Waals surface area contributed by atoms with Crippen LogP contribution in [-0.4, -0.2) is 14.5 Å². The molecule has 0 spiro atoms. The number of thiophene rings is 6. The summed E-state index contributed by atoms with van der Waals surface area (Å²) < 4.78 is 16.6. The first-order valence-corrected chi connectivity index (χ1v) is 33.8. The van der Waals surface area contributed by atoms with E-state index in [4.69, 9.17) is 4.42 Å². The van der Waals surface area contributed by atoms with E-state index in [1.807, 2.05) is 94.0 Å². The Bertz CT molecular complexity index is 4040. The number of furan rings is 1. The molecule has 0 N–H and O–H groups in total. The second-order valence-corrected chi connectivity index (χ2v) is 30.3. The molecule has 0 aliphatic carbocycles. The Balaban J connectivity index is 0.000000133. The molecule has 0 bridgehead atoms. The average Bonchev–Trinajstić information content (AvgIpc) is 4.32. The van der Waals surface area contributed by atoms with Gasteiger partial charge in [-0.15, -0.1) is 68.0 Å². The zero-order chi connectivity index (χ0) is 57.6. The SMILES string of the molecule is Cc1cc2cccc(C)c2s1.Cc1ccc(C)[se]1.Cc1ccc(C)o1.Cc1ccc2c(C)csc2c1.Cc1ccc2cc(C)sc2c1.Cc1ccc2sc(C)cc2c1.Cc1ccc2scc(C)c2c1.Cc1csc2c(C)cccc12. The monoisotopic (exact) mass is 1230 g/mol. The summed E-state index contributed by atoms with van der Waals surface area (Å²) >= 11 is 11.8. The van der Waals surface area contributed by atoms with Crippen LogP contribution in [0, 0.1) is 111 Å². The first kappa shape index (κ1) is 62.0. The van der Waals surface area contributed by atoms with Crippen LogP contribution in [0.15, 0.2) is 172 Å². The average molecular weight is 1230 g/mol. The fourth-order valence-corrected chi connectivity index (χ4v) is 16.4. The molecule has 412 valence electrons. The van der Waals surface area contributed by atoms with Crippen molar-refractivity contribution in [2.45, 2.75) is 111 Å². The Morgan fingerprint density at radius 3 is 1.40 bits per heavy atom. The van der Waals surface area contributed by atoms with Gasteiger partial charge in [0.1, 0.15) is 11.5 Å². The Hall–Kier alpha value is -5.64. The molecular formula is C72H76OS6Se. The summed E-state index contributed by atoms with van der Waals surface area (Å²) in [5, 5.41) is 15.0. The minimum atomic E-state index is 0.708. The second kappa shape index (κ2) is 29.4. The quantitative estimate of drug-likeness (QED) is 0.138. The van der Waals surface area contributed by atoms with Crippen molar-refractivity contribution in [1.29, 1.82) is 0 Å². The standard InChI is InChI=1S/6C10H10S.C6H8O.C6H8Se/c1-7-3-4-10-9(5-7)8(2)6-11-10;1-7-3-4-10-9(5-7)6-8(2)11-10;1-7-3-4-9-8(2)6-11-10(9)5-7;1-7-3-4-9-6-8(2)11-10(9)5-7;1-7-4-3-5-9-8(2)6-11-10(7)9;1-7-4-3-5-9-6-8(2)11-10(7)9;2*1-5-3-4-6(2)7-5/h6*3-6H,1-2H3;2*3-4H,1-2H3. The molecule has 80 heavy (non-hydrogen) atoms. The van der Waals surface area contributed by atoms with Gasteiger partial charge in [0.25, 0.3) is 0 Å². The molecule has 8 heteroatoms. The van der Waals surface area contributed by atoms with Gasteiger partial charge in [-0.2, -0.15) is 0 Å². The van der Waals surface area contributed by atoms with Gasteiger partial charge in [-0.05, 0) is 239 Å². The first-order chi connectivity index (χ1) is 38.2. The van der Waals surface area contributed by atoms with Gasteiger partial charge in [0, 0.05) is 42.8 Å². The molecule has 1 nitrogen and oxygen atoms in total. The molecule has 0 saturated carbocycles. The molecule has 0 unspecified atom stereocenters. The molecule has 0 fully saturated rings. The number of hydrogen-bond acceptors (Lipinski definition) is 7. The van der Waals surface area contributed by atoms with Crippen molar-refractivity contribution in [3.8, 4) is 0 Å². The molecule has 8 aromatic heterocycles. The van der Waals surface area contributed by atoms with Crippen molar-refractivity contribution < 1.29 is 4.42 Å². The first-order valence-electron chi connectivity index (χ1n) is 27.0. The summed E-state index contributed by atoms with van der Waals surface area (Å²) in [6.45, 7) is 34.1. The van der Waals surface area contributed by atoms with Crippen LogP contribution in [0.1, 0.15) is 85.1 Å². The summed E-state index contributed by atoms with van der Waals surface area (Å²) in [6, 6.07) is 54.4. The van der Waals surface area contributed by atoms with Crippen LogP contribution in [0.25, 0.3) is 60.5 Å². The normalized spacial score (nSPS) is 10.5. The molecule has 0 amide bonds. The number of benzene rings is 6. The van der Waals surface area contributed by atoms with Gasteiger partial charge in [-0.25, -0.2) is 0 Å². The van der Waals surface area contributed by atoms with E-state index in [1.54, 1.807) is 8.87 Å². The molecule has 0 atom stereocenters. The number of aryl methyl sites for hydroxylation is 16. The number of fused-ring (bicyclic) bond motifs is 6. The maximum Gasteiger partial charge on any atom is 0.101 e. The maximum absolute atomic E-state index is 5.08. The Morgan fingerprint density at radius 2 is 0.787 bits per heavy atom. The van der Waals surface area contributed by atoms with E-state index in [2.05, 4.69) is 253 Å². The van der Waals surface area contributed by atoms with Gasteiger partial charge in [0.15, 0.2) is 0 Å². The van der Waals surface area contributed by atoms with Crippen LogP contribution >= 0.6 is 68.0 Å². The molecular weight excluding hydrogens is 1150 g/mol. The minimum Gasteiger partial charge on any atom is -0.467 e. The van der Waals surface area contributed by atoms with E-state index in [0.29, 0.717) is 14.5 Å². The predicted molar refractivity (Wildman–Crippen MR) is 369 cm³/mol. The summed E-state index contributed by atoms with van der Waals surface area (Å²) in [6.07, 6.45) is 0. The van der Waals surface area contributed by atoms with Crippen LogP contribution in [0.4, 0.5) is 0 Å². The van der Waals surface area contributed by atoms with Gasteiger partial charge in [-0.1, -0.05) is 96.1 Å². The molecule has 8 heterocycles. The minimum absolute atomic E-state index is 0.708. The molecule has 0 radical (unpaired) electrons.